The average molecular weight is 469 g/mol. The van der Waals surface area contributed by atoms with E-state index in [-0.39, 0.29) is 29.6 Å². The second kappa shape index (κ2) is 9.20. The Bertz CT molecular complexity index is 1070. The van der Waals surface area contributed by atoms with E-state index in [1.54, 1.807) is 0 Å². The number of carbonyl (C=O) groups excluding carboxylic acids is 3. The highest BCUT2D eigenvalue weighted by Crippen LogP contribution is 2.34. The maximum Gasteiger partial charge on any atom is 0.416 e. The van der Waals surface area contributed by atoms with Gasteiger partial charge in [0.05, 0.1) is 22.2 Å². The molecule has 1 saturated heterocycles. The summed E-state index contributed by atoms with van der Waals surface area (Å²) >= 11 is 5.84. The molecule has 0 saturated carbocycles. The zero-order valence-corrected chi connectivity index (χ0v) is 18.0. The van der Waals surface area contributed by atoms with Crippen molar-refractivity contribution in [1.29, 1.82) is 0 Å². The summed E-state index contributed by atoms with van der Waals surface area (Å²) in [6.45, 7) is 3.14. The Balaban J connectivity index is 1.59. The molecular weight excluding hydrogens is 449 g/mol. The maximum absolute atomic E-state index is 12.8. The Morgan fingerprint density at radius 1 is 1.19 bits per heavy atom. The molecule has 32 heavy (non-hydrogen) atoms. The molecule has 0 bridgehead atoms. The monoisotopic (exact) mass is 468 g/mol. The zero-order valence-electron chi connectivity index (χ0n) is 17.3. The average Bonchev–Trinajstić information content (AvgIpc) is 3.10. The number of anilines is 2. The number of nitrogens with zero attached hydrogens (tertiary/aromatic N) is 1. The molecule has 10 heteroatoms. The molecule has 1 atom stereocenters. The largest absolute Gasteiger partial charge is 0.455 e. The Kier molecular flexibility index (Phi) is 6.78. The Morgan fingerprint density at radius 2 is 1.91 bits per heavy atom. The minimum atomic E-state index is -4.60. The summed E-state index contributed by atoms with van der Waals surface area (Å²) in [5.41, 5.74) is 1.33. The number of benzene rings is 2. The van der Waals surface area contributed by atoms with E-state index in [0.717, 1.165) is 23.3 Å². The van der Waals surface area contributed by atoms with Crippen LogP contribution in [0.15, 0.2) is 36.4 Å². The van der Waals surface area contributed by atoms with Gasteiger partial charge in [-0.05, 0) is 49.2 Å². The van der Waals surface area contributed by atoms with Gasteiger partial charge in [-0.3, -0.25) is 14.4 Å². The van der Waals surface area contributed by atoms with Crippen LogP contribution in [0, 0.1) is 19.8 Å². The van der Waals surface area contributed by atoms with Gasteiger partial charge in [-0.2, -0.15) is 13.2 Å². The first-order valence-corrected chi connectivity index (χ1v) is 10.0. The lowest BCUT2D eigenvalue weighted by Crippen LogP contribution is -2.28. The van der Waals surface area contributed by atoms with Crippen molar-refractivity contribution in [3.63, 3.8) is 0 Å². The number of esters is 1. The van der Waals surface area contributed by atoms with Gasteiger partial charge in [-0.1, -0.05) is 23.7 Å². The smallest absolute Gasteiger partial charge is 0.416 e. The molecule has 0 radical (unpaired) electrons. The van der Waals surface area contributed by atoms with Gasteiger partial charge in [0.25, 0.3) is 5.91 Å². The van der Waals surface area contributed by atoms with Crippen LogP contribution in [0.2, 0.25) is 5.02 Å². The molecule has 0 aliphatic carbocycles. The molecule has 2 aromatic rings. The quantitative estimate of drug-likeness (QED) is 0.655. The Morgan fingerprint density at radius 3 is 2.59 bits per heavy atom. The fourth-order valence-electron chi connectivity index (χ4n) is 3.35. The van der Waals surface area contributed by atoms with Crippen molar-refractivity contribution in [3.8, 4) is 0 Å². The summed E-state index contributed by atoms with van der Waals surface area (Å²) in [6.07, 6.45) is -4.67. The molecule has 1 aliphatic heterocycles. The second-order valence-electron chi connectivity index (χ2n) is 7.54. The highest BCUT2D eigenvalue weighted by molar-refractivity contribution is 6.33. The van der Waals surface area contributed by atoms with Crippen LogP contribution in [0.1, 0.15) is 23.1 Å². The molecule has 0 spiro atoms. The zero-order chi connectivity index (χ0) is 23.6. The van der Waals surface area contributed by atoms with Crippen LogP contribution in [-0.2, 0) is 25.3 Å². The van der Waals surface area contributed by atoms with Crippen molar-refractivity contribution in [2.45, 2.75) is 26.4 Å². The first kappa shape index (κ1) is 23.6. The summed E-state index contributed by atoms with van der Waals surface area (Å²) in [7, 11) is 0. The molecule has 170 valence electrons. The third-order valence-electron chi connectivity index (χ3n) is 5.03. The van der Waals surface area contributed by atoms with Gasteiger partial charge in [-0.25, -0.2) is 0 Å². The molecule has 0 aromatic heterocycles. The summed E-state index contributed by atoms with van der Waals surface area (Å²) in [6, 6.07) is 8.15. The maximum atomic E-state index is 12.8. The number of alkyl halides is 3. The first-order chi connectivity index (χ1) is 15.0. The fourth-order valence-corrected chi connectivity index (χ4v) is 3.51. The van der Waals surface area contributed by atoms with E-state index < -0.39 is 36.1 Å². The van der Waals surface area contributed by atoms with E-state index in [0.29, 0.717) is 11.8 Å². The summed E-state index contributed by atoms with van der Waals surface area (Å²) in [5, 5.41) is 2.11. The van der Waals surface area contributed by atoms with Crippen molar-refractivity contribution in [2.24, 2.45) is 5.92 Å². The van der Waals surface area contributed by atoms with Gasteiger partial charge < -0.3 is 15.0 Å². The third-order valence-corrected chi connectivity index (χ3v) is 5.36. The van der Waals surface area contributed by atoms with E-state index in [1.165, 1.54) is 4.90 Å². The van der Waals surface area contributed by atoms with Gasteiger partial charge in [0, 0.05) is 18.7 Å². The SMILES string of the molecule is Cc1ccc(C)c(N2C[C@H](C(=O)OCC(=O)Nc3cc(C(F)(F)F)ccc3Cl)CC2=O)c1. The predicted molar refractivity (Wildman–Crippen MR) is 112 cm³/mol. The van der Waals surface area contributed by atoms with Crippen LogP contribution in [0.5, 0.6) is 0 Å². The number of hydrogen-bond donors (Lipinski definition) is 1. The minimum absolute atomic E-state index is 0.0622. The molecule has 3 rings (SSSR count). The van der Waals surface area contributed by atoms with E-state index in [1.807, 2.05) is 32.0 Å². The standard InChI is InChI=1S/C22H20ClF3N2O4/c1-12-3-4-13(2)18(7-12)28-10-14(8-20(28)30)21(31)32-11-19(29)27-17-9-15(22(24,25)26)5-6-16(17)23/h3-7,9,14H,8,10-11H2,1-2H3,(H,27,29)/t14-/m1/s1. The normalized spacial score (nSPS) is 16.2. The number of ether oxygens (including phenoxy) is 1. The van der Waals surface area contributed by atoms with E-state index in [9.17, 15) is 27.6 Å². The van der Waals surface area contributed by atoms with Crippen molar-refractivity contribution >= 4 is 40.8 Å². The molecular formula is C22H20ClF3N2O4. The van der Waals surface area contributed by atoms with Crippen LogP contribution < -0.4 is 10.2 Å². The van der Waals surface area contributed by atoms with Crippen LogP contribution in [-0.4, -0.2) is 30.9 Å². The van der Waals surface area contributed by atoms with E-state index in [2.05, 4.69) is 5.32 Å². The van der Waals surface area contributed by atoms with Crippen LogP contribution in [0.25, 0.3) is 0 Å². The number of aryl methyl sites for hydroxylation is 2. The van der Waals surface area contributed by atoms with Gasteiger partial charge >= 0.3 is 12.1 Å². The number of rotatable bonds is 5. The second-order valence-corrected chi connectivity index (χ2v) is 7.95. The van der Waals surface area contributed by atoms with Crippen LogP contribution in [0.3, 0.4) is 0 Å². The van der Waals surface area contributed by atoms with Gasteiger partial charge in [-0.15, -0.1) is 0 Å². The molecule has 2 amide bonds. The van der Waals surface area contributed by atoms with Gasteiger partial charge in [0.1, 0.15) is 0 Å². The van der Waals surface area contributed by atoms with Crippen molar-refractivity contribution in [1.82, 2.24) is 0 Å². The first-order valence-electron chi connectivity index (χ1n) is 9.66. The number of amides is 2. The highest BCUT2D eigenvalue weighted by Gasteiger charge is 2.37. The topological polar surface area (TPSA) is 75.7 Å². The summed E-state index contributed by atoms with van der Waals surface area (Å²) in [4.78, 5) is 38.4. The van der Waals surface area contributed by atoms with Gasteiger partial charge in [0.15, 0.2) is 6.61 Å². The number of carbonyl (C=O) groups is 3. The van der Waals surface area contributed by atoms with Gasteiger partial charge in [0.2, 0.25) is 5.91 Å². The lowest BCUT2D eigenvalue weighted by molar-refractivity contribution is -0.151. The van der Waals surface area contributed by atoms with Crippen molar-refractivity contribution in [3.05, 3.63) is 58.1 Å². The molecule has 0 unspecified atom stereocenters. The minimum Gasteiger partial charge on any atom is -0.455 e. The molecule has 1 fully saturated rings. The number of hydrogen-bond acceptors (Lipinski definition) is 4. The fraction of sp³-hybridized carbons (Fsp3) is 0.318. The summed E-state index contributed by atoms with van der Waals surface area (Å²) < 4.78 is 43.5. The van der Waals surface area contributed by atoms with Crippen molar-refractivity contribution in [2.75, 3.05) is 23.4 Å². The molecule has 6 nitrogen and oxygen atoms in total. The highest BCUT2D eigenvalue weighted by atomic mass is 35.5. The molecule has 2 aromatic carbocycles. The molecule has 1 N–H and O–H groups in total. The third kappa shape index (κ3) is 5.40. The molecule has 1 heterocycles. The summed E-state index contributed by atoms with van der Waals surface area (Å²) in [5.74, 6) is -2.58. The lowest BCUT2D eigenvalue weighted by atomic mass is 10.1. The molecule has 1 aliphatic rings. The van der Waals surface area contributed by atoms with Crippen molar-refractivity contribution < 1.29 is 32.3 Å². The Hall–Kier alpha value is -3.07. The van der Waals surface area contributed by atoms with E-state index >= 15 is 0 Å². The lowest BCUT2D eigenvalue weighted by Gasteiger charge is -2.19. The van der Waals surface area contributed by atoms with Crippen LogP contribution in [0.4, 0.5) is 24.5 Å². The number of halogens is 4. The Labute approximate surface area is 187 Å². The van der Waals surface area contributed by atoms with Crippen LogP contribution >= 0.6 is 11.6 Å². The predicted octanol–water partition coefficient (Wildman–Crippen LogP) is 4.51. The number of nitrogens with one attached hydrogen (secondary N) is 1. The van der Waals surface area contributed by atoms with E-state index in [4.69, 9.17) is 16.3 Å².